The number of hydrogen-bond donors (Lipinski definition) is 1. The van der Waals surface area contributed by atoms with E-state index in [4.69, 9.17) is 0 Å². The van der Waals surface area contributed by atoms with E-state index in [1.54, 1.807) is 11.0 Å². The molecule has 0 radical (unpaired) electrons. The Balaban J connectivity index is 2.00. The molecular formula is C18H20BrFN2O. The first-order valence-corrected chi connectivity index (χ1v) is 8.34. The summed E-state index contributed by atoms with van der Waals surface area (Å²) < 4.78 is 14.3. The Bertz CT molecular complexity index is 660. The van der Waals surface area contributed by atoms with E-state index in [1.165, 1.54) is 12.1 Å². The standard InChI is InChI=1S/C18H20BrFN2O/c1-3-22(12-14-5-4-6-17(20)11-14)18(23)21-13(2)15-7-9-16(19)10-8-15/h4-11,13H,3,12H2,1-2H3,(H,21,23). The zero-order valence-electron chi connectivity index (χ0n) is 13.2. The van der Waals surface area contributed by atoms with Crippen molar-refractivity contribution in [2.45, 2.75) is 26.4 Å². The Morgan fingerprint density at radius 2 is 1.96 bits per heavy atom. The highest BCUT2D eigenvalue weighted by Gasteiger charge is 2.15. The van der Waals surface area contributed by atoms with Gasteiger partial charge in [-0.25, -0.2) is 9.18 Å². The second-order valence-corrected chi connectivity index (χ2v) is 6.28. The van der Waals surface area contributed by atoms with Crippen molar-refractivity contribution >= 4 is 22.0 Å². The van der Waals surface area contributed by atoms with Crippen LogP contribution >= 0.6 is 15.9 Å². The molecule has 0 bridgehead atoms. The summed E-state index contributed by atoms with van der Waals surface area (Å²) in [5.41, 5.74) is 1.81. The van der Waals surface area contributed by atoms with E-state index in [9.17, 15) is 9.18 Å². The van der Waals surface area contributed by atoms with E-state index < -0.39 is 0 Å². The van der Waals surface area contributed by atoms with Crippen molar-refractivity contribution in [3.8, 4) is 0 Å². The Labute approximate surface area is 144 Å². The molecule has 0 aliphatic heterocycles. The number of urea groups is 1. The number of carbonyl (C=O) groups is 1. The third-order valence-corrected chi connectivity index (χ3v) is 4.17. The van der Waals surface area contributed by atoms with E-state index in [2.05, 4.69) is 21.2 Å². The number of amides is 2. The molecule has 0 aromatic heterocycles. The summed E-state index contributed by atoms with van der Waals surface area (Å²) in [6, 6.07) is 13.9. The molecule has 0 aliphatic rings. The predicted molar refractivity (Wildman–Crippen MR) is 93.6 cm³/mol. The fraction of sp³-hybridized carbons (Fsp3) is 0.278. The second kappa shape index (κ2) is 8.11. The van der Waals surface area contributed by atoms with Crippen molar-refractivity contribution < 1.29 is 9.18 Å². The average Bonchev–Trinajstić information content (AvgIpc) is 2.53. The first-order valence-electron chi connectivity index (χ1n) is 7.55. The number of nitrogens with zero attached hydrogens (tertiary/aromatic N) is 1. The number of halogens is 2. The van der Waals surface area contributed by atoms with Crippen molar-refractivity contribution in [1.29, 1.82) is 0 Å². The largest absolute Gasteiger partial charge is 0.331 e. The molecule has 2 rings (SSSR count). The maximum Gasteiger partial charge on any atom is 0.318 e. The van der Waals surface area contributed by atoms with Crippen molar-refractivity contribution in [2.24, 2.45) is 0 Å². The summed E-state index contributed by atoms with van der Waals surface area (Å²) in [7, 11) is 0. The Morgan fingerprint density at radius 1 is 1.26 bits per heavy atom. The van der Waals surface area contributed by atoms with Gasteiger partial charge in [0.25, 0.3) is 0 Å². The maximum atomic E-state index is 13.3. The lowest BCUT2D eigenvalue weighted by Crippen LogP contribution is -2.40. The van der Waals surface area contributed by atoms with E-state index in [-0.39, 0.29) is 17.9 Å². The third kappa shape index (κ3) is 5.06. The lowest BCUT2D eigenvalue weighted by Gasteiger charge is -2.24. The fourth-order valence-electron chi connectivity index (χ4n) is 2.29. The monoisotopic (exact) mass is 378 g/mol. The highest BCUT2D eigenvalue weighted by Crippen LogP contribution is 2.17. The molecule has 1 unspecified atom stereocenters. The van der Waals surface area contributed by atoms with Crippen LogP contribution in [-0.4, -0.2) is 17.5 Å². The molecule has 3 nitrogen and oxygen atoms in total. The van der Waals surface area contributed by atoms with Gasteiger partial charge in [0, 0.05) is 17.6 Å². The van der Waals surface area contributed by atoms with Crippen molar-refractivity contribution in [3.63, 3.8) is 0 Å². The molecule has 5 heteroatoms. The quantitative estimate of drug-likeness (QED) is 0.789. The highest BCUT2D eigenvalue weighted by molar-refractivity contribution is 9.10. The van der Waals surface area contributed by atoms with Gasteiger partial charge in [0.2, 0.25) is 0 Å². The minimum atomic E-state index is -0.290. The molecule has 1 N–H and O–H groups in total. The molecule has 0 heterocycles. The van der Waals surface area contributed by atoms with Crippen LogP contribution in [0.3, 0.4) is 0 Å². The van der Waals surface area contributed by atoms with Gasteiger partial charge in [-0.15, -0.1) is 0 Å². The molecule has 2 amide bonds. The van der Waals surface area contributed by atoms with Gasteiger partial charge in [0.05, 0.1) is 6.04 Å². The topological polar surface area (TPSA) is 32.3 Å². The molecule has 0 fully saturated rings. The summed E-state index contributed by atoms with van der Waals surface area (Å²) in [6.45, 7) is 4.78. The molecular weight excluding hydrogens is 359 g/mol. The average molecular weight is 379 g/mol. The highest BCUT2D eigenvalue weighted by atomic mass is 79.9. The SMILES string of the molecule is CCN(Cc1cccc(F)c1)C(=O)NC(C)c1ccc(Br)cc1. The smallest absolute Gasteiger partial charge is 0.318 e. The third-order valence-electron chi connectivity index (χ3n) is 3.64. The molecule has 0 spiro atoms. The first kappa shape index (κ1) is 17.5. The van der Waals surface area contributed by atoms with E-state index in [0.29, 0.717) is 13.1 Å². The zero-order chi connectivity index (χ0) is 16.8. The van der Waals surface area contributed by atoms with Crippen LogP contribution in [0.1, 0.15) is 31.0 Å². The Hall–Kier alpha value is -1.88. The summed E-state index contributed by atoms with van der Waals surface area (Å²) in [5, 5.41) is 2.98. The number of nitrogens with one attached hydrogen (secondary N) is 1. The molecule has 0 aliphatic carbocycles. The zero-order valence-corrected chi connectivity index (χ0v) is 14.8. The van der Waals surface area contributed by atoms with Gasteiger partial charge in [-0.3, -0.25) is 0 Å². The molecule has 2 aromatic carbocycles. The van der Waals surface area contributed by atoms with Gasteiger partial charge in [-0.2, -0.15) is 0 Å². The molecule has 122 valence electrons. The Kier molecular flexibility index (Phi) is 6.16. The van der Waals surface area contributed by atoms with Crippen molar-refractivity contribution in [1.82, 2.24) is 10.2 Å². The number of hydrogen-bond acceptors (Lipinski definition) is 1. The van der Waals surface area contributed by atoms with E-state index in [0.717, 1.165) is 15.6 Å². The van der Waals surface area contributed by atoms with Gasteiger partial charge in [-0.1, -0.05) is 40.2 Å². The second-order valence-electron chi connectivity index (χ2n) is 5.37. The summed E-state index contributed by atoms with van der Waals surface area (Å²) in [6.07, 6.45) is 0. The number of rotatable bonds is 5. The van der Waals surface area contributed by atoms with Crippen LogP contribution in [-0.2, 0) is 6.54 Å². The lowest BCUT2D eigenvalue weighted by molar-refractivity contribution is 0.194. The molecule has 2 aromatic rings. The molecule has 0 saturated heterocycles. The van der Waals surface area contributed by atoms with Crippen molar-refractivity contribution in [2.75, 3.05) is 6.54 Å². The summed E-state index contributed by atoms with van der Waals surface area (Å²) in [4.78, 5) is 14.1. The first-order chi connectivity index (χ1) is 11.0. The van der Waals surface area contributed by atoms with Gasteiger partial charge < -0.3 is 10.2 Å². The van der Waals surface area contributed by atoms with Gasteiger partial charge in [-0.05, 0) is 49.2 Å². The van der Waals surface area contributed by atoms with E-state index in [1.807, 2.05) is 44.2 Å². The molecule has 1 atom stereocenters. The van der Waals surface area contributed by atoms with Crippen LogP contribution in [0.25, 0.3) is 0 Å². The van der Waals surface area contributed by atoms with Crippen molar-refractivity contribution in [3.05, 3.63) is 69.9 Å². The summed E-state index contributed by atoms with van der Waals surface area (Å²) in [5.74, 6) is -0.290. The minimum absolute atomic E-state index is 0.0999. The van der Waals surface area contributed by atoms with Gasteiger partial charge in [0.15, 0.2) is 0 Å². The predicted octanol–water partition coefficient (Wildman–Crippen LogP) is 4.88. The number of benzene rings is 2. The lowest BCUT2D eigenvalue weighted by atomic mass is 10.1. The van der Waals surface area contributed by atoms with Crippen LogP contribution in [0.4, 0.5) is 9.18 Å². The van der Waals surface area contributed by atoms with Crippen LogP contribution < -0.4 is 5.32 Å². The minimum Gasteiger partial charge on any atom is -0.331 e. The number of carbonyl (C=O) groups excluding carboxylic acids is 1. The van der Waals surface area contributed by atoms with Crippen LogP contribution in [0, 0.1) is 5.82 Å². The van der Waals surface area contributed by atoms with E-state index >= 15 is 0 Å². The van der Waals surface area contributed by atoms with Crippen LogP contribution in [0.15, 0.2) is 53.0 Å². The van der Waals surface area contributed by atoms with Gasteiger partial charge in [0.1, 0.15) is 5.82 Å². The van der Waals surface area contributed by atoms with Gasteiger partial charge >= 0.3 is 6.03 Å². The normalized spacial score (nSPS) is 11.8. The summed E-state index contributed by atoms with van der Waals surface area (Å²) >= 11 is 3.40. The Morgan fingerprint density at radius 3 is 2.57 bits per heavy atom. The molecule has 0 saturated carbocycles. The molecule has 23 heavy (non-hydrogen) atoms. The maximum absolute atomic E-state index is 13.3. The van der Waals surface area contributed by atoms with Crippen LogP contribution in [0.2, 0.25) is 0 Å². The van der Waals surface area contributed by atoms with Crippen LogP contribution in [0.5, 0.6) is 0 Å². The fourth-order valence-corrected chi connectivity index (χ4v) is 2.56.